The summed E-state index contributed by atoms with van der Waals surface area (Å²) in [7, 11) is 0. The summed E-state index contributed by atoms with van der Waals surface area (Å²) in [4.78, 5) is 33.0. The number of anilines is 1. The molecule has 3 rings (SSSR count). The predicted octanol–water partition coefficient (Wildman–Crippen LogP) is 6.94. The number of imide groups is 1. The number of carbonyl (C=O) groups is 2. The van der Waals surface area contributed by atoms with Crippen molar-refractivity contribution in [1.82, 2.24) is 4.98 Å². The number of halogens is 2. The molecule has 0 bridgehead atoms. The molecule has 0 saturated heterocycles. The monoisotopic (exact) mass is 542 g/mol. The van der Waals surface area contributed by atoms with Crippen LogP contribution < -0.4 is 4.90 Å². The van der Waals surface area contributed by atoms with Crippen molar-refractivity contribution in [1.29, 1.82) is 0 Å². The van der Waals surface area contributed by atoms with Crippen LogP contribution >= 0.6 is 31.9 Å². The lowest BCUT2D eigenvalue weighted by Crippen LogP contribution is -2.38. The van der Waals surface area contributed by atoms with E-state index in [0.29, 0.717) is 16.9 Å². The molecule has 160 valence electrons. The van der Waals surface area contributed by atoms with Gasteiger partial charge >= 0.3 is 0 Å². The SMILES string of the molecule is Cc1c(Br)cc(C(=O)N(C(=O)c2cc(Br)c(C)c(C)c2C)c2ccccn2)c(C)c1C. The normalized spacial score (nSPS) is 10.8. The number of carbonyl (C=O) groups excluding carboxylic acids is 2. The van der Waals surface area contributed by atoms with E-state index in [4.69, 9.17) is 0 Å². The lowest BCUT2D eigenvalue weighted by Gasteiger charge is -2.24. The molecule has 1 aromatic heterocycles. The fraction of sp³-hybridized carbons (Fsp3) is 0.240. The summed E-state index contributed by atoms with van der Waals surface area (Å²) in [6, 6.07) is 8.76. The third-order valence-electron chi connectivity index (χ3n) is 6.06. The summed E-state index contributed by atoms with van der Waals surface area (Å²) in [6.07, 6.45) is 1.58. The number of hydrogen-bond acceptors (Lipinski definition) is 3. The van der Waals surface area contributed by atoms with Crippen LogP contribution in [0.3, 0.4) is 0 Å². The van der Waals surface area contributed by atoms with E-state index < -0.39 is 11.8 Å². The lowest BCUT2D eigenvalue weighted by atomic mass is 9.96. The van der Waals surface area contributed by atoms with Crippen LogP contribution in [0.4, 0.5) is 5.82 Å². The minimum Gasteiger partial charge on any atom is -0.268 e. The first-order valence-corrected chi connectivity index (χ1v) is 11.5. The zero-order valence-corrected chi connectivity index (χ0v) is 21.6. The number of amides is 2. The van der Waals surface area contributed by atoms with Gasteiger partial charge in [0.2, 0.25) is 0 Å². The van der Waals surface area contributed by atoms with Crippen LogP contribution in [0.25, 0.3) is 0 Å². The van der Waals surface area contributed by atoms with E-state index in [2.05, 4.69) is 36.8 Å². The molecule has 3 aromatic rings. The van der Waals surface area contributed by atoms with Crippen LogP contribution in [0.15, 0.2) is 45.5 Å². The fourth-order valence-electron chi connectivity index (χ4n) is 3.48. The van der Waals surface area contributed by atoms with Gasteiger partial charge in [-0.1, -0.05) is 37.9 Å². The largest absolute Gasteiger partial charge is 0.268 e. The zero-order chi connectivity index (χ0) is 23.0. The van der Waals surface area contributed by atoms with Crippen molar-refractivity contribution in [3.8, 4) is 0 Å². The molecule has 1 heterocycles. The molecule has 0 atom stereocenters. The minimum atomic E-state index is -0.404. The lowest BCUT2D eigenvalue weighted by molar-refractivity contribution is 0.0895. The maximum absolute atomic E-state index is 13.8. The van der Waals surface area contributed by atoms with Crippen LogP contribution in [0, 0.1) is 41.5 Å². The van der Waals surface area contributed by atoms with Gasteiger partial charge in [-0.05, 0) is 99.2 Å². The Bertz CT molecular complexity index is 1130. The minimum absolute atomic E-state index is 0.292. The summed E-state index contributed by atoms with van der Waals surface area (Å²) >= 11 is 7.10. The molecule has 0 aliphatic rings. The molecule has 0 aliphatic heterocycles. The molecule has 2 aromatic carbocycles. The molecule has 0 saturated carbocycles. The average molecular weight is 544 g/mol. The van der Waals surface area contributed by atoms with Crippen LogP contribution in [-0.2, 0) is 0 Å². The summed E-state index contributed by atoms with van der Waals surface area (Å²) in [6.45, 7) is 11.8. The molecule has 0 aliphatic carbocycles. The smallest absolute Gasteiger partial charge is 0.266 e. The van der Waals surface area contributed by atoms with E-state index in [9.17, 15) is 9.59 Å². The molecule has 2 amide bonds. The number of aromatic nitrogens is 1. The summed E-state index contributed by atoms with van der Waals surface area (Å²) in [5, 5.41) is 0. The Balaban J connectivity index is 2.23. The van der Waals surface area contributed by atoms with Gasteiger partial charge in [-0.3, -0.25) is 9.59 Å². The van der Waals surface area contributed by atoms with Crippen molar-refractivity contribution in [2.24, 2.45) is 0 Å². The standard InChI is InChI=1S/C25H24Br2N2O2/c1-13-15(3)19(11-21(26)17(13)5)24(30)29(23-9-7-8-10-28-23)25(31)20-12-22(27)18(6)14(2)16(20)4/h7-12H,1-6H3. The van der Waals surface area contributed by atoms with Crippen LogP contribution in [0.1, 0.15) is 54.1 Å². The van der Waals surface area contributed by atoms with Gasteiger partial charge in [0.25, 0.3) is 11.8 Å². The van der Waals surface area contributed by atoms with Gasteiger partial charge in [-0.2, -0.15) is 0 Å². The Kier molecular flexibility index (Phi) is 6.82. The maximum Gasteiger partial charge on any atom is 0.266 e. The molecule has 0 fully saturated rings. The first-order chi connectivity index (χ1) is 14.6. The van der Waals surface area contributed by atoms with Gasteiger partial charge in [0, 0.05) is 26.3 Å². The molecule has 0 spiro atoms. The molecular formula is C25H24Br2N2O2. The molecule has 4 nitrogen and oxygen atoms in total. The van der Waals surface area contributed by atoms with Gasteiger partial charge in [-0.15, -0.1) is 0 Å². The van der Waals surface area contributed by atoms with Crippen LogP contribution in [0.5, 0.6) is 0 Å². The van der Waals surface area contributed by atoms with Gasteiger partial charge < -0.3 is 0 Å². The number of nitrogens with zero attached hydrogens (tertiary/aromatic N) is 2. The Hall–Kier alpha value is -2.31. The van der Waals surface area contributed by atoms with Gasteiger partial charge in [0.15, 0.2) is 0 Å². The van der Waals surface area contributed by atoms with Crippen molar-refractivity contribution in [3.63, 3.8) is 0 Å². The van der Waals surface area contributed by atoms with Crippen molar-refractivity contribution >= 4 is 49.5 Å². The Labute approximate surface area is 200 Å². The molecule has 0 N–H and O–H groups in total. The molecule has 0 unspecified atom stereocenters. The highest BCUT2D eigenvalue weighted by molar-refractivity contribution is 9.10. The van der Waals surface area contributed by atoms with Gasteiger partial charge in [0.05, 0.1) is 0 Å². The maximum atomic E-state index is 13.8. The highest BCUT2D eigenvalue weighted by Crippen LogP contribution is 2.31. The van der Waals surface area contributed by atoms with E-state index in [-0.39, 0.29) is 0 Å². The fourth-order valence-corrected chi connectivity index (χ4v) is 4.54. The van der Waals surface area contributed by atoms with Crippen LogP contribution in [-0.4, -0.2) is 16.8 Å². The average Bonchev–Trinajstić information content (AvgIpc) is 2.76. The van der Waals surface area contributed by atoms with E-state index in [1.165, 1.54) is 4.90 Å². The van der Waals surface area contributed by atoms with E-state index in [1.54, 1.807) is 36.5 Å². The summed E-state index contributed by atoms with van der Waals surface area (Å²) in [5.41, 5.74) is 6.78. The van der Waals surface area contributed by atoms with Crippen molar-refractivity contribution < 1.29 is 9.59 Å². The second kappa shape index (κ2) is 9.05. The van der Waals surface area contributed by atoms with E-state index in [1.807, 2.05) is 41.5 Å². The predicted molar refractivity (Wildman–Crippen MR) is 132 cm³/mol. The molecule has 31 heavy (non-hydrogen) atoms. The van der Waals surface area contributed by atoms with Crippen molar-refractivity contribution in [2.75, 3.05) is 4.90 Å². The molecule has 6 heteroatoms. The van der Waals surface area contributed by atoms with E-state index in [0.717, 1.165) is 42.3 Å². The third-order valence-corrected chi connectivity index (χ3v) is 7.71. The molecule has 0 radical (unpaired) electrons. The highest BCUT2D eigenvalue weighted by atomic mass is 79.9. The number of hydrogen-bond donors (Lipinski definition) is 0. The first kappa shape index (κ1) is 23.4. The Morgan fingerprint density at radius 1 is 0.710 bits per heavy atom. The second-order valence-corrected chi connectivity index (χ2v) is 9.40. The van der Waals surface area contributed by atoms with Gasteiger partial charge in [-0.25, -0.2) is 9.88 Å². The van der Waals surface area contributed by atoms with Crippen LogP contribution in [0.2, 0.25) is 0 Å². The van der Waals surface area contributed by atoms with Crippen molar-refractivity contribution in [2.45, 2.75) is 41.5 Å². The quantitative estimate of drug-likeness (QED) is 0.336. The second-order valence-electron chi connectivity index (χ2n) is 7.70. The van der Waals surface area contributed by atoms with E-state index >= 15 is 0 Å². The van der Waals surface area contributed by atoms with Crippen molar-refractivity contribution in [3.05, 3.63) is 90.0 Å². The Morgan fingerprint density at radius 2 is 1.16 bits per heavy atom. The topological polar surface area (TPSA) is 50.3 Å². The number of benzene rings is 2. The number of rotatable bonds is 3. The zero-order valence-electron chi connectivity index (χ0n) is 18.4. The summed E-state index contributed by atoms with van der Waals surface area (Å²) < 4.78 is 1.66. The first-order valence-electron chi connectivity index (χ1n) is 9.88. The Morgan fingerprint density at radius 3 is 1.55 bits per heavy atom. The summed E-state index contributed by atoms with van der Waals surface area (Å²) in [5.74, 6) is -0.516. The highest BCUT2D eigenvalue weighted by Gasteiger charge is 2.30. The molecular weight excluding hydrogens is 520 g/mol. The van der Waals surface area contributed by atoms with Gasteiger partial charge in [0.1, 0.15) is 5.82 Å². The third kappa shape index (κ3) is 4.23. The number of pyridine rings is 1.